The van der Waals surface area contributed by atoms with Crippen molar-refractivity contribution in [1.29, 1.82) is 0 Å². The summed E-state index contributed by atoms with van der Waals surface area (Å²) in [7, 11) is 2.03. The SMILES string of the molecule is CCCn1c(=O)n(CC(=O)N2CCCCCC2c2cccn2C)c2ccccc21. The van der Waals surface area contributed by atoms with Gasteiger partial charge in [-0.1, -0.05) is 31.9 Å². The number of benzene rings is 1. The van der Waals surface area contributed by atoms with Crippen LogP contribution in [0.2, 0.25) is 0 Å². The number of nitrogens with zero attached hydrogens (tertiary/aromatic N) is 4. The van der Waals surface area contributed by atoms with Crippen LogP contribution in [0.25, 0.3) is 11.0 Å². The Labute approximate surface area is 171 Å². The smallest absolute Gasteiger partial charge is 0.329 e. The van der Waals surface area contributed by atoms with Gasteiger partial charge in [-0.3, -0.25) is 13.9 Å². The van der Waals surface area contributed by atoms with Crippen LogP contribution < -0.4 is 5.69 Å². The molecule has 0 spiro atoms. The average molecular weight is 395 g/mol. The summed E-state index contributed by atoms with van der Waals surface area (Å²) in [4.78, 5) is 28.5. The molecule has 4 rings (SSSR count). The molecule has 1 aromatic carbocycles. The molecule has 1 unspecified atom stereocenters. The molecule has 0 saturated carbocycles. The number of carbonyl (C=O) groups excluding carboxylic acids is 1. The van der Waals surface area contributed by atoms with Crippen LogP contribution in [0.1, 0.15) is 50.8 Å². The molecule has 2 aromatic heterocycles. The fourth-order valence-electron chi connectivity index (χ4n) is 4.63. The first-order valence-electron chi connectivity index (χ1n) is 10.7. The summed E-state index contributed by atoms with van der Waals surface area (Å²) in [6.07, 6.45) is 7.15. The van der Waals surface area contributed by atoms with Gasteiger partial charge in [0.25, 0.3) is 0 Å². The second kappa shape index (κ2) is 8.31. The number of carbonyl (C=O) groups is 1. The Morgan fingerprint density at radius 1 is 1.03 bits per heavy atom. The molecule has 1 aliphatic rings. The maximum atomic E-state index is 13.4. The van der Waals surface area contributed by atoms with Crippen molar-refractivity contribution in [3.63, 3.8) is 0 Å². The first kappa shape index (κ1) is 19.6. The molecular formula is C23H30N4O2. The molecule has 0 bridgehead atoms. The second-order valence-corrected chi connectivity index (χ2v) is 8.01. The summed E-state index contributed by atoms with van der Waals surface area (Å²) in [6, 6.07) is 12.0. The topological polar surface area (TPSA) is 52.2 Å². The van der Waals surface area contributed by atoms with Gasteiger partial charge in [-0.25, -0.2) is 4.79 Å². The maximum Gasteiger partial charge on any atom is 0.329 e. The van der Waals surface area contributed by atoms with Crippen LogP contribution in [0.5, 0.6) is 0 Å². The first-order chi connectivity index (χ1) is 14.1. The van der Waals surface area contributed by atoms with Gasteiger partial charge in [0.15, 0.2) is 0 Å². The number of aryl methyl sites for hydroxylation is 2. The van der Waals surface area contributed by atoms with E-state index in [9.17, 15) is 9.59 Å². The number of fused-ring (bicyclic) bond motifs is 1. The van der Waals surface area contributed by atoms with E-state index in [2.05, 4.69) is 17.6 Å². The quantitative estimate of drug-likeness (QED) is 0.663. The number of imidazole rings is 1. The van der Waals surface area contributed by atoms with E-state index in [1.807, 2.05) is 48.5 Å². The van der Waals surface area contributed by atoms with Gasteiger partial charge in [0.2, 0.25) is 5.91 Å². The summed E-state index contributed by atoms with van der Waals surface area (Å²) in [6.45, 7) is 3.57. The highest BCUT2D eigenvalue weighted by molar-refractivity contribution is 5.81. The lowest BCUT2D eigenvalue weighted by atomic mass is 10.1. The summed E-state index contributed by atoms with van der Waals surface area (Å²) in [5, 5.41) is 0. The third kappa shape index (κ3) is 3.63. The van der Waals surface area contributed by atoms with Crippen molar-refractivity contribution in [1.82, 2.24) is 18.6 Å². The molecule has 1 saturated heterocycles. The Bertz CT molecular complexity index is 1060. The third-order valence-electron chi connectivity index (χ3n) is 6.06. The minimum absolute atomic E-state index is 0.0274. The number of likely N-dealkylation sites (tertiary alicyclic amines) is 1. The van der Waals surface area contributed by atoms with E-state index < -0.39 is 0 Å². The molecule has 0 N–H and O–H groups in total. The molecule has 1 fully saturated rings. The molecular weight excluding hydrogens is 364 g/mol. The molecule has 3 aromatic rings. The number of rotatable bonds is 5. The zero-order valence-electron chi connectivity index (χ0n) is 17.4. The molecule has 1 atom stereocenters. The molecule has 6 heteroatoms. The first-order valence-corrected chi connectivity index (χ1v) is 10.7. The number of amides is 1. The normalized spacial score (nSPS) is 17.6. The van der Waals surface area contributed by atoms with Crippen LogP contribution >= 0.6 is 0 Å². The number of hydrogen-bond donors (Lipinski definition) is 0. The van der Waals surface area contributed by atoms with Crippen molar-refractivity contribution in [2.75, 3.05) is 6.54 Å². The number of hydrogen-bond acceptors (Lipinski definition) is 2. The Morgan fingerprint density at radius 3 is 2.48 bits per heavy atom. The Morgan fingerprint density at radius 2 is 1.79 bits per heavy atom. The fourth-order valence-corrected chi connectivity index (χ4v) is 4.63. The average Bonchev–Trinajstić information content (AvgIpc) is 3.14. The van der Waals surface area contributed by atoms with Crippen molar-refractivity contribution >= 4 is 16.9 Å². The van der Waals surface area contributed by atoms with E-state index in [1.165, 1.54) is 5.69 Å². The molecule has 0 radical (unpaired) electrons. The van der Waals surface area contributed by atoms with E-state index in [1.54, 1.807) is 9.13 Å². The predicted molar refractivity (Wildman–Crippen MR) is 115 cm³/mol. The Balaban J connectivity index is 1.69. The van der Waals surface area contributed by atoms with Gasteiger partial charge in [-0.15, -0.1) is 0 Å². The van der Waals surface area contributed by atoms with Crippen molar-refractivity contribution in [3.05, 3.63) is 58.8 Å². The molecule has 0 aliphatic carbocycles. The van der Waals surface area contributed by atoms with Crippen molar-refractivity contribution in [2.45, 2.75) is 58.2 Å². The van der Waals surface area contributed by atoms with E-state index >= 15 is 0 Å². The largest absolute Gasteiger partial charge is 0.353 e. The summed E-state index contributed by atoms with van der Waals surface area (Å²) in [5.74, 6) is 0.0274. The standard InChI is InChI=1S/C23H30N4O2/c1-3-14-26-20-11-6-7-12-21(20)27(23(26)29)17-22(28)25-16-8-4-5-10-19(25)18-13-9-15-24(18)2/h6-7,9,11-13,15,19H,3-5,8,10,14,16-17H2,1-2H3. The predicted octanol–water partition coefficient (Wildman–Crippen LogP) is 3.70. The van der Waals surface area contributed by atoms with Crippen LogP contribution in [-0.2, 0) is 24.9 Å². The Kier molecular flexibility index (Phi) is 5.60. The van der Waals surface area contributed by atoms with Gasteiger partial charge in [0.05, 0.1) is 17.1 Å². The lowest BCUT2D eigenvalue weighted by Crippen LogP contribution is -2.39. The van der Waals surface area contributed by atoms with Crippen molar-refractivity contribution in [2.24, 2.45) is 7.05 Å². The van der Waals surface area contributed by atoms with E-state index in [0.29, 0.717) is 6.54 Å². The van der Waals surface area contributed by atoms with Gasteiger partial charge in [0.1, 0.15) is 6.54 Å². The fraction of sp³-hybridized carbons (Fsp3) is 0.478. The molecule has 154 valence electrons. The summed E-state index contributed by atoms with van der Waals surface area (Å²) in [5.41, 5.74) is 2.82. The van der Waals surface area contributed by atoms with Crippen LogP contribution in [-0.4, -0.2) is 31.1 Å². The van der Waals surface area contributed by atoms with Crippen molar-refractivity contribution < 1.29 is 4.79 Å². The maximum absolute atomic E-state index is 13.4. The zero-order chi connectivity index (χ0) is 20.4. The molecule has 1 aliphatic heterocycles. The number of para-hydroxylation sites is 2. The minimum Gasteiger partial charge on any atom is -0.353 e. The monoisotopic (exact) mass is 394 g/mol. The van der Waals surface area contributed by atoms with E-state index in [0.717, 1.165) is 49.7 Å². The lowest BCUT2D eigenvalue weighted by Gasteiger charge is -2.30. The zero-order valence-corrected chi connectivity index (χ0v) is 17.4. The lowest BCUT2D eigenvalue weighted by molar-refractivity contribution is -0.134. The van der Waals surface area contributed by atoms with Crippen LogP contribution in [0.15, 0.2) is 47.4 Å². The third-order valence-corrected chi connectivity index (χ3v) is 6.06. The summed E-state index contributed by atoms with van der Waals surface area (Å²) >= 11 is 0. The van der Waals surface area contributed by atoms with Gasteiger partial charge in [0, 0.05) is 32.0 Å². The molecule has 6 nitrogen and oxygen atoms in total. The molecule has 3 heterocycles. The summed E-state index contributed by atoms with van der Waals surface area (Å²) < 4.78 is 5.55. The van der Waals surface area contributed by atoms with Gasteiger partial charge in [-0.05, 0) is 43.5 Å². The molecule has 29 heavy (non-hydrogen) atoms. The van der Waals surface area contributed by atoms with Gasteiger partial charge < -0.3 is 9.47 Å². The Hall–Kier alpha value is -2.76. The van der Waals surface area contributed by atoms with Crippen molar-refractivity contribution in [3.8, 4) is 0 Å². The van der Waals surface area contributed by atoms with Gasteiger partial charge >= 0.3 is 5.69 Å². The second-order valence-electron chi connectivity index (χ2n) is 8.01. The van der Waals surface area contributed by atoms with E-state index in [-0.39, 0.29) is 24.2 Å². The van der Waals surface area contributed by atoms with Gasteiger partial charge in [-0.2, -0.15) is 0 Å². The van der Waals surface area contributed by atoms with E-state index in [4.69, 9.17) is 0 Å². The highest BCUT2D eigenvalue weighted by Crippen LogP contribution is 2.30. The highest BCUT2D eigenvalue weighted by atomic mass is 16.2. The highest BCUT2D eigenvalue weighted by Gasteiger charge is 2.29. The minimum atomic E-state index is -0.0911. The van der Waals surface area contributed by atoms with Crippen LogP contribution in [0.3, 0.4) is 0 Å². The van der Waals surface area contributed by atoms with Crippen LogP contribution in [0, 0.1) is 0 Å². The molecule has 1 amide bonds. The van der Waals surface area contributed by atoms with Crippen LogP contribution in [0.4, 0.5) is 0 Å². The number of aromatic nitrogens is 3.